The number of hydrogen-bond acceptors (Lipinski definition) is 4. The maximum Gasteiger partial charge on any atom is 0.326 e. The summed E-state index contributed by atoms with van der Waals surface area (Å²) in [5.41, 5.74) is -1.64. The number of Topliss-reactive ketones (excluding diaryl/α,β-unsaturated/α-hetero) is 2. The second-order valence-electron chi connectivity index (χ2n) is 6.82. The van der Waals surface area contributed by atoms with Crippen LogP contribution < -0.4 is 5.32 Å². The van der Waals surface area contributed by atoms with Gasteiger partial charge in [0.2, 0.25) is 17.5 Å². The van der Waals surface area contributed by atoms with Crippen molar-refractivity contribution in [3.05, 3.63) is 0 Å². The molecule has 6 nitrogen and oxygen atoms in total. The minimum absolute atomic E-state index is 0.485. The van der Waals surface area contributed by atoms with Crippen molar-refractivity contribution in [3.8, 4) is 0 Å². The molecule has 0 aromatic carbocycles. The predicted octanol–water partition coefficient (Wildman–Crippen LogP) is 1.18. The molecule has 0 rings (SSSR count). The maximum absolute atomic E-state index is 11.8. The van der Waals surface area contributed by atoms with E-state index in [0.29, 0.717) is 0 Å². The summed E-state index contributed by atoms with van der Waals surface area (Å²) in [6, 6.07) is -1.39. The number of aliphatic carboxylic acids is 1. The fourth-order valence-corrected chi connectivity index (χ4v) is 1.27. The molecule has 1 amide bonds. The number of ketones is 2. The van der Waals surface area contributed by atoms with Gasteiger partial charge in [-0.15, -0.1) is 0 Å². The maximum atomic E-state index is 11.8. The fraction of sp³-hybridized carbons (Fsp3) is 0.714. The lowest BCUT2D eigenvalue weighted by atomic mass is 9.86. The van der Waals surface area contributed by atoms with E-state index in [0.717, 1.165) is 0 Å². The molecule has 6 heteroatoms. The Morgan fingerprint density at radius 1 is 0.950 bits per heavy atom. The van der Waals surface area contributed by atoms with Crippen LogP contribution in [0.4, 0.5) is 0 Å². The van der Waals surface area contributed by atoms with Gasteiger partial charge < -0.3 is 10.4 Å². The molecule has 0 radical (unpaired) electrons. The Labute approximate surface area is 118 Å². The van der Waals surface area contributed by atoms with Crippen LogP contribution in [0.5, 0.6) is 0 Å². The molecule has 0 aliphatic heterocycles. The molecule has 1 atom stereocenters. The van der Waals surface area contributed by atoms with Gasteiger partial charge >= 0.3 is 5.97 Å². The van der Waals surface area contributed by atoms with E-state index in [-0.39, 0.29) is 0 Å². The molecule has 2 N–H and O–H groups in total. The van der Waals surface area contributed by atoms with E-state index in [9.17, 15) is 19.2 Å². The average molecular weight is 285 g/mol. The van der Waals surface area contributed by atoms with Crippen LogP contribution in [0, 0.1) is 10.8 Å². The third-order valence-corrected chi connectivity index (χ3v) is 2.61. The van der Waals surface area contributed by atoms with Gasteiger partial charge in [-0.2, -0.15) is 0 Å². The number of rotatable bonds is 5. The molecule has 114 valence electrons. The van der Waals surface area contributed by atoms with E-state index in [1.54, 1.807) is 41.5 Å². The van der Waals surface area contributed by atoms with Gasteiger partial charge in [0.05, 0.1) is 0 Å². The summed E-state index contributed by atoms with van der Waals surface area (Å²) in [7, 11) is 0. The highest BCUT2D eigenvalue weighted by molar-refractivity contribution is 6.39. The normalized spacial score (nSPS) is 13.5. The first kappa shape index (κ1) is 18.3. The molecule has 0 aliphatic carbocycles. The third kappa shape index (κ3) is 5.50. The van der Waals surface area contributed by atoms with Crippen molar-refractivity contribution in [2.24, 2.45) is 10.8 Å². The van der Waals surface area contributed by atoms with Crippen molar-refractivity contribution in [3.63, 3.8) is 0 Å². The predicted molar refractivity (Wildman–Crippen MR) is 73.1 cm³/mol. The number of carboxylic acid groups (broad SMARTS) is 1. The van der Waals surface area contributed by atoms with E-state index >= 15 is 0 Å². The van der Waals surface area contributed by atoms with Gasteiger partial charge in [0.1, 0.15) is 6.04 Å². The number of hydrogen-bond donors (Lipinski definition) is 2. The molecular formula is C14H23NO5. The van der Waals surface area contributed by atoms with Crippen LogP contribution in [-0.4, -0.2) is 34.6 Å². The molecule has 0 saturated carbocycles. The molecule has 0 aromatic heterocycles. The molecule has 1 unspecified atom stereocenters. The van der Waals surface area contributed by atoms with Crippen molar-refractivity contribution < 1.29 is 24.3 Å². The molecule has 0 aromatic rings. The number of carboxylic acids is 1. The minimum Gasteiger partial charge on any atom is -0.480 e. The fourth-order valence-electron chi connectivity index (χ4n) is 1.27. The Hall–Kier alpha value is -1.72. The Bertz CT molecular complexity index is 426. The van der Waals surface area contributed by atoms with Gasteiger partial charge in [-0.05, 0) is 0 Å². The van der Waals surface area contributed by atoms with Gasteiger partial charge in [-0.1, -0.05) is 41.5 Å². The summed E-state index contributed by atoms with van der Waals surface area (Å²) in [5.74, 6) is -3.26. The highest BCUT2D eigenvalue weighted by Crippen LogP contribution is 2.17. The smallest absolute Gasteiger partial charge is 0.326 e. The number of carbonyl (C=O) groups excluding carboxylic acids is 3. The van der Waals surface area contributed by atoms with Gasteiger partial charge in [0, 0.05) is 17.3 Å². The standard InChI is InChI=1S/C14H23NO5/c1-13(2,3)10(17)9(16)7-8(11(18)19)15-12(20)14(4,5)6/h8H,7H2,1-6H3,(H,15,20)(H,18,19). The van der Waals surface area contributed by atoms with Crippen LogP contribution in [0.3, 0.4) is 0 Å². The summed E-state index contributed by atoms with van der Waals surface area (Å²) >= 11 is 0. The summed E-state index contributed by atoms with van der Waals surface area (Å²) < 4.78 is 0. The molecular weight excluding hydrogens is 262 g/mol. The quantitative estimate of drug-likeness (QED) is 0.739. The van der Waals surface area contributed by atoms with Crippen molar-refractivity contribution in [2.45, 2.75) is 54.0 Å². The zero-order valence-corrected chi connectivity index (χ0v) is 12.9. The van der Waals surface area contributed by atoms with E-state index < -0.39 is 46.7 Å². The van der Waals surface area contributed by atoms with E-state index in [4.69, 9.17) is 5.11 Å². The highest BCUT2D eigenvalue weighted by atomic mass is 16.4. The number of nitrogens with one attached hydrogen (secondary N) is 1. The first-order valence-electron chi connectivity index (χ1n) is 6.38. The van der Waals surface area contributed by atoms with Crippen molar-refractivity contribution >= 4 is 23.4 Å². The first-order valence-corrected chi connectivity index (χ1v) is 6.38. The highest BCUT2D eigenvalue weighted by Gasteiger charge is 2.34. The second-order valence-corrected chi connectivity index (χ2v) is 6.82. The lowest BCUT2D eigenvalue weighted by Gasteiger charge is -2.22. The van der Waals surface area contributed by atoms with E-state index in [1.165, 1.54) is 0 Å². The largest absolute Gasteiger partial charge is 0.480 e. The summed E-state index contributed by atoms with van der Waals surface area (Å²) in [4.78, 5) is 46.4. The Morgan fingerprint density at radius 3 is 1.70 bits per heavy atom. The third-order valence-electron chi connectivity index (χ3n) is 2.61. The van der Waals surface area contributed by atoms with Crippen LogP contribution in [0.2, 0.25) is 0 Å². The van der Waals surface area contributed by atoms with Crippen LogP contribution in [0.1, 0.15) is 48.0 Å². The molecule has 0 saturated heterocycles. The Morgan fingerprint density at radius 2 is 1.40 bits per heavy atom. The van der Waals surface area contributed by atoms with Gasteiger partial charge in [-0.25, -0.2) is 4.79 Å². The number of carbonyl (C=O) groups is 4. The average Bonchev–Trinajstić information content (AvgIpc) is 2.23. The summed E-state index contributed by atoms with van der Waals surface area (Å²) in [5, 5.41) is 11.3. The zero-order chi connectivity index (χ0) is 16.3. The molecule has 0 bridgehead atoms. The monoisotopic (exact) mass is 285 g/mol. The van der Waals surface area contributed by atoms with E-state index in [1.807, 2.05) is 0 Å². The van der Waals surface area contributed by atoms with Gasteiger partial charge in [-0.3, -0.25) is 14.4 Å². The van der Waals surface area contributed by atoms with Crippen molar-refractivity contribution in [1.29, 1.82) is 0 Å². The topological polar surface area (TPSA) is 101 Å². The van der Waals surface area contributed by atoms with Crippen LogP contribution in [-0.2, 0) is 19.2 Å². The van der Waals surface area contributed by atoms with Crippen molar-refractivity contribution in [2.75, 3.05) is 0 Å². The second kappa shape index (κ2) is 6.15. The summed E-state index contributed by atoms with van der Waals surface area (Å²) in [6.45, 7) is 9.63. The zero-order valence-electron chi connectivity index (χ0n) is 12.9. The molecule has 20 heavy (non-hydrogen) atoms. The van der Waals surface area contributed by atoms with Gasteiger partial charge in [0.15, 0.2) is 0 Å². The van der Waals surface area contributed by atoms with Crippen LogP contribution in [0.25, 0.3) is 0 Å². The van der Waals surface area contributed by atoms with Crippen molar-refractivity contribution in [1.82, 2.24) is 5.32 Å². The molecule has 0 spiro atoms. The first-order chi connectivity index (χ1) is 8.76. The molecule has 0 aliphatic rings. The number of amides is 1. The Balaban J connectivity index is 4.91. The van der Waals surface area contributed by atoms with Crippen LogP contribution in [0.15, 0.2) is 0 Å². The lowest BCUT2D eigenvalue weighted by molar-refractivity contribution is -0.147. The van der Waals surface area contributed by atoms with E-state index in [2.05, 4.69) is 5.32 Å². The SMILES string of the molecule is CC(C)(C)C(=O)NC(CC(=O)C(=O)C(C)(C)C)C(=O)O. The summed E-state index contributed by atoms with van der Waals surface area (Å²) in [6.07, 6.45) is -0.534. The minimum atomic E-state index is -1.39. The van der Waals surface area contributed by atoms with Gasteiger partial charge in [0.25, 0.3) is 0 Å². The lowest BCUT2D eigenvalue weighted by Crippen LogP contribution is -2.47. The molecule has 0 fully saturated rings. The van der Waals surface area contributed by atoms with Crippen LogP contribution >= 0.6 is 0 Å². The Kier molecular flexibility index (Phi) is 5.62. The molecule has 0 heterocycles.